The first-order chi connectivity index (χ1) is 8.85. The van der Waals surface area contributed by atoms with E-state index in [0.717, 1.165) is 4.90 Å². The fourth-order valence-electron chi connectivity index (χ4n) is 1.86. The van der Waals surface area contributed by atoms with Crippen molar-refractivity contribution in [2.75, 3.05) is 11.9 Å². The van der Waals surface area contributed by atoms with Gasteiger partial charge in [-0.3, -0.25) is 9.59 Å². The highest BCUT2D eigenvalue weighted by Gasteiger charge is 2.34. The Balaban J connectivity index is 2.20. The van der Waals surface area contributed by atoms with Crippen LogP contribution in [0.2, 0.25) is 0 Å². The van der Waals surface area contributed by atoms with Crippen LogP contribution in [-0.2, 0) is 16.1 Å². The number of carbonyl (C=O) groups excluding carboxylic acids is 2. The quantitative estimate of drug-likeness (QED) is 0.849. The molecule has 0 radical (unpaired) electrons. The van der Waals surface area contributed by atoms with Crippen molar-refractivity contribution in [3.05, 3.63) is 29.8 Å². The summed E-state index contributed by atoms with van der Waals surface area (Å²) in [7, 11) is 0. The van der Waals surface area contributed by atoms with E-state index in [4.69, 9.17) is 0 Å². The highest BCUT2D eigenvalue weighted by Crippen LogP contribution is 2.24. The van der Waals surface area contributed by atoms with Gasteiger partial charge in [-0.1, -0.05) is 18.2 Å². The summed E-state index contributed by atoms with van der Waals surface area (Å²) in [6, 6.07) is 6.70. The van der Waals surface area contributed by atoms with Crippen molar-refractivity contribution < 1.29 is 22.8 Å². The highest BCUT2D eigenvalue weighted by atomic mass is 19.4. The standard InChI is InChI=1S/C12H11F3N2O2/c13-12(14,15)5-11(19)17-6-8-3-1-2-4-9(8)16-10(18)7-17/h1-4H,5-7H2,(H,16,18). The largest absolute Gasteiger partial charge is 0.397 e. The predicted molar refractivity (Wildman–Crippen MR) is 61.2 cm³/mol. The minimum Gasteiger partial charge on any atom is -0.329 e. The molecule has 0 spiro atoms. The summed E-state index contributed by atoms with van der Waals surface area (Å²) in [5.74, 6) is -1.60. The van der Waals surface area contributed by atoms with E-state index in [-0.39, 0.29) is 13.1 Å². The number of nitrogens with one attached hydrogen (secondary N) is 1. The molecule has 0 saturated carbocycles. The van der Waals surface area contributed by atoms with Gasteiger partial charge in [0.1, 0.15) is 13.0 Å². The molecule has 0 saturated heterocycles. The molecule has 19 heavy (non-hydrogen) atoms. The van der Waals surface area contributed by atoms with Gasteiger partial charge in [0, 0.05) is 12.2 Å². The van der Waals surface area contributed by atoms with Crippen LogP contribution in [0.25, 0.3) is 0 Å². The molecule has 0 atom stereocenters. The normalized spacial score (nSPS) is 15.5. The summed E-state index contributed by atoms with van der Waals surface area (Å²) in [6.45, 7) is -0.382. The molecule has 1 N–H and O–H groups in total. The average Bonchev–Trinajstić information content (AvgIpc) is 2.44. The molecule has 0 unspecified atom stereocenters. The van der Waals surface area contributed by atoms with Crippen LogP contribution in [0.4, 0.5) is 18.9 Å². The first-order valence-electron chi connectivity index (χ1n) is 5.57. The van der Waals surface area contributed by atoms with Gasteiger partial charge in [0.2, 0.25) is 11.8 Å². The van der Waals surface area contributed by atoms with E-state index in [1.165, 1.54) is 0 Å². The molecule has 0 bridgehead atoms. The number of hydrogen-bond acceptors (Lipinski definition) is 2. The second kappa shape index (κ2) is 4.91. The molecule has 1 aliphatic rings. The number of amides is 2. The van der Waals surface area contributed by atoms with E-state index in [0.29, 0.717) is 11.3 Å². The molecule has 1 heterocycles. The summed E-state index contributed by atoms with van der Waals surface area (Å²) in [4.78, 5) is 24.0. The predicted octanol–water partition coefficient (Wildman–Crippen LogP) is 1.92. The van der Waals surface area contributed by atoms with E-state index in [1.54, 1.807) is 24.3 Å². The molecule has 2 amide bonds. The fourth-order valence-corrected chi connectivity index (χ4v) is 1.86. The number of hydrogen-bond donors (Lipinski definition) is 1. The number of benzene rings is 1. The summed E-state index contributed by atoms with van der Waals surface area (Å²) in [5, 5.41) is 2.56. The number of para-hydroxylation sites is 1. The van der Waals surface area contributed by atoms with Crippen molar-refractivity contribution in [1.29, 1.82) is 0 Å². The average molecular weight is 272 g/mol. The summed E-state index contributed by atoms with van der Waals surface area (Å²) >= 11 is 0. The molecule has 0 aromatic heterocycles. The third-order valence-corrected chi connectivity index (χ3v) is 2.69. The molecule has 0 fully saturated rings. The second-order valence-corrected chi connectivity index (χ2v) is 4.25. The number of carbonyl (C=O) groups is 2. The first-order valence-corrected chi connectivity index (χ1v) is 5.57. The Bertz CT molecular complexity index is 514. The van der Waals surface area contributed by atoms with E-state index in [2.05, 4.69) is 5.32 Å². The lowest BCUT2D eigenvalue weighted by Gasteiger charge is -2.20. The van der Waals surface area contributed by atoms with Crippen LogP contribution >= 0.6 is 0 Å². The third-order valence-electron chi connectivity index (χ3n) is 2.69. The fraction of sp³-hybridized carbons (Fsp3) is 0.333. The van der Waals surface area contributed by atoms with Gasteiger partial charge in [-0.25, -0.2) is 0 Å². The molecular weight excluding hydrogens is 261 g/mol. The van der Waals surface area contributed by atoms with Crippen molar-refractivity contribution in [3.63, 3.8) is 0 Å². The van der Waals surface area contributed by atoms with Gasteiger partial charge in [0.15, 0.2) is 0 Å². The van der Waals surface area contributed by atoms with Gasteiger partial charge < -0.3 is 10.2 Å². The molecule has 0 aliphatic carbocycles. The Morgan fingerprint density at radius 1 is 1.26 bits per heavy atom. The van der Waals surface area contributed by atoms with Gasteiger partial charge >= 0.3 is 6.18 Å². The lowest BCUT2D eigenvalue weighted by Crippen LogP contribution is -2.37. The van der Waals surface area contributed by atoms with Crippen LogP contribution < -0.4 is 5.32 Å². The molecule has 2 rings (SSSR count). The SMILES string of the molecule is O=C1CN(C(=O)CC(F)(F)F)Cc2ccccc2N1. The minimum absolute atomic E-state index is 0.0101. The van der Waals surface area contributed by atoms with Crippen LogP contribution in [0.15, 0.2) is 24.3 Å². The zero-order chi connectivity index (χ0) is 14.0. The number of anilines is 1. The van der Waals surface area contributed by atoms with E-state index in [1.807, 2.05) is 0 Å². The smallest absolute Gasteiger partial charge is 0.329 e. The van der Waals surface area contributed by atoms with Crippen molar-refractivity contribution in [2.24, 2.45) is 0 Å². The zero-order valence-corrected chi connectivity index (χ0v) is 9.83. The molecule has 1 aliphatic heterocycles. The lowest BCUT2D eigenvalue weighted by molar-refractivity contribution is -0.162. The Kier molecular flexibility index (Phi) is 3.46. The Morgan fingerprint density at radius 2 is 1.95 bits per heavy atom. The van der Waals surface area contributed by atoms with Crippen molar-refractivity contribution >= 4 is 17.5 Å². The lowest BCUT2D eigenvalue weighted by atomic mass is 10.1. The maximum absolute atomic E-state index is 12.2. The first kappa shape index (κ1) is 13.4. The van der Waals surface area contributed by atoms with Crippen molar-refractivity contribution in [1.82, 2.24) is 4.90 Å². The highest BCUT2D eigenvalue weighted by molar-refractivity contribution is 5.96. The van der Waals surface area contributed by atoms with Crippen LogP contribution in [0, 0.1) is 0 Å². The number of halogens is 3. The third kappa shape index (κ3) is 3.46. The van der Waals surface area contributed by atoms with Gasteiger partial charge in [-0.05, 0) is 11.6 Å². The molecule has 1 aromatic carbocycles. The molecule has 102 valence electrons. The minimum atomic E-state index is -4.57. The zero-order valence-electron chi connectivity index (χ0n) is 9.83. The molecule has 7 heteroatoms. The topological polar surface area (TPSA) is 49.4 Å². The van der Waals surface area contributed by atoms with Crippen LogP contribution in [0.3, 0.4) is 0 Å². The van der Waals surface area contributed by atoms with Crippen LogP contribution in [0.5, 0.6) is 0 Å². The number of fused-ring (bicyclic) bond motifs is 1. The van der Waals surface area contributed by atoms with Crippen LogP contribution in [0.1, 0.15) is 12.0 Å². The second-order valence-electron chi connectivity index (χ2n) is 4.25. The molecular formula is C12H11F3N2O2. The summed E-state index contributed by atoms with van der Waals surface area (Å²) in [6.07, 6.45) is -6.12. The molecule has 4 nitrogen and oxygen atoms in total. The summed E-state index contributed by atoms with van der Waals surface area (Å²) in [5.41, 5.74) is 1.14. The maximum atomic E-state index is 12.2. The van der Waals surface area contributed by atoms with Gasteiger partial charge in [0.05, 0.1) is 0 Å². The van der Waals surface area contributed by atoms with Gasteiger partial charge in [-0.2, -0.15) is 13.2 Å². The van der Waals surface area contributed by atoms with E-state index in [9.17, 15) is 22.8 Å². The maximum Gasteiger partial charge on any atom is 0.397 e. The number of alkyl halides is 3. The Hall–Kier alpha value is -2.05. The van der Waals surface area contributed by atoms with Gasteiger partial charge in [-0.15, -0.1) is 0 Å². The molecule has 1 aromatic rings. The van der Waals surface area contributed by atoms with E-state index >= 15 is 0 Å². The Morgan fingerprint density at radius 3 is 2.63 bits per heavy atom. The summed E-state index contributed by atoms with van der Waals surface area (Å²) < 4.78 is 36.6. The number of rotatable bonds is 1. The van der Waals surface area contributed by atoms with Crippen molar-refractivity contribution in [2.45, 2.75) is 19.1 Å². The Labute approximate surface area is 107 Å². The van der Waals surface area contributed by atoms with Gasteiger partial charge in [0.25, 0.3) is 0 Å². The van der Waals surface area contributed by atoms with Crippen LogP contribution in [-0.4, -0.2) is 29.4 Å². The van der Waals surface area contributed by atoms with Crippen molar-refractivity contribution in [3.8, 4) is 0 Å². The monoisotopic (exact) mass is 272 g/mol. The van der Waals surface area contributed by atoms with E-state index < -0.39 is 24.4 Å². The number of nitrogens with zero attached hydrogens (tertiary/aromatic N) is 1.